The summed E-state index contributed by atoms with van der Waals surface area (Å²) in [5.41, 5.74) is -0.298. The highest BCUT2D eigenvalue weighted by molar-refractivity contribution is 5.81. The van der Waals surface area contributed by atoms with Crippen molar-refractivity contribution < 1.29 is 9.53 Å². The average molecular weight is 159 g/mol. The van der Waals surface area contributed by atoms with Crippen molar-refractivity contribution in [3.05, 3.63) is 0 Å². The highest BCUT2D eigenvalue weighted by atomic mass is 16.5. The van der Waals surface area contributed by atoms with Crippen LogP contribution in [0.25, 0.3) is 0 Å². The van der Waals surface area contributed by atoms with Crippen LogP contribution in [0.1, 0.15) is 20.8 Å². The molecule has 1 N–H and O–H groups in total. The molecule has 0 rings (SSSR count). The van der Waals surface area contributed by atoms with Crippen molar-refractivity contribution in [2.75, 3.05) is 20.3 Å². The van der Waals surface area contributed by atoms with Crippen LogP contribution in [0.5, 0.6) is 0 Å². The molecule has 11 heavy (non-hydrogen) atoms. The van der Waals surface area contributed by atoms with Crippen LogP contribution in [0, 0.1) is 5.41 Å². The van der Waals surface area contributed by atoms with Crippen LogP contribution < -0.4 is 5.32 Å². The van der Waals surface area contributed by atoms with Gasteiger partial charge < -0.3 is 10.1 Å². The SMILES string of the molecule is COCCNC(=O)C(C)(C)C. The summed E-state index contributed by atoms with van der Waals surface area (Å²) in [7, 11) is 1.61. The fourth-order valence-electron chi connectivity index (χ4n) is 0.532. The van der Waals surface area contributed by atoms with Crippen LogP contribution >= 0.6 is 0 Å². The van der Waals surface area contributed by atoms with Gasteiger partial charge in [-0.1, -0.05) is 20.8 Å². The van der Waals surface area contributed by atoms with E-state index in [-0.39, 0.29) is 11.3 Å². The molecular weight excluding hydrogens is 142 g/mol. The maximum atomic E-state index is 11.2. The van der Waals surface area contributed by atoms with Crippen molar-refractivity contribution in [3.8, 4) is 0 Å². The molecule has 1 amide bonds. The molecule has 0 radical (unpaired) electrons. The number of carbonyl (C=O) groups excluding carboxylic acids is 1. The quantitative estimate of drug-likeness (QED) is 0.618. The van der Waals surface area contributed by atoms with Crippen molar-refractivity contribution in [1.29, 1.82) is 0 Å². The Morgan fingerprint density at radius 1 is 1.45 bits per heavy atom. The maximum absolute atomic E-state index is 11.2. The fourth-order valence-corrected chi connectivity index (χ4v) is 0.532. The third kappa shape index (κ3) is 4.79. The van der Waals surface area contributed by atoms with Gasteiger partial charge in [0.1, 0.15) is 0 Å². The molecule has 0 aliphatic rings. The number of nitrogens with one attached hydrogen (secondary N) is 1. The number of ether oxygens (including phenoxy) is 1. The van der Waals surface area contributed by atoms with Gasteiger partial charge in [0.2, 0.25) is 5.91 Å². The lowest BCUT2D eigenvalue weighted by Crippen LogP contribution is -2.36. The van der Waals surface area contributed by atoms with E-state index in [9.17, 15) is 4.79 Å². The first-order chi connectivity index (χ1) is 4.98. The summed E-state index contributed by atoms with van der Waals surface area (Å²) in [5.74, 6) is 0.0644. The Morgan fingerprint density at radius 2 is 2.00 bits per heavy atom. The van der Waals surface area contributed by atoms with E-state index >= 15 is 0 Å². The number of amides is 1. The molecule has 0 aromatic rings. The molecule has 3 heteroatoms. The van der Waals surface area contributed by atoms with Gasteiger partial charge in [-0.2, -0.15) is 0 Å². The molecule has 0 fully saturated rings. The number of methoxy groups -OCH3 is 1. The molecule has 0 spiro atoms. The number of carbonyl (C=O) groups is 1. The lowest BCUT2D eigenvalue weighted by atomic mass is 9.96. The predicted octanol–water partition coefficient (Wildman–Crippen LogP) is 0.795. The van der Waals surface area contributed by atoms with Crippen molar-refractivity contribution in [2.24, 2.45) is 5.41 Å². The molecule has 0 atom stereocenters. The normalized spacial score (nSPS) is 11.3. The Balaban J connectivity index is 3.54. The van der Waals surface area contributed by atoms with Gasteiger partial charge in [-0.15, -0.1) is 0 Å². The molecule has 0 unspecified atom stereocenters. The monoisotopic (exact) mass is 159 g/mol. The lowest BCUT2D eigenvalue weighted by molar-refractivity contribution is -0.128. The van der Waals surface area contributed by atoms with E-state index in [1.54, 1.807) is 7.11 Å². The van der Waals surface area contributed by atoms with Gasteiger partial charge in [0.25, 0.3) is 0 Å². The largest absolute Gasteiger partial charge is 0.383 e. The van der Waals surface area contributed by atoms with Crippen molar-refractivity contribution in [1.82, 2.24) is 5.32 Å². The minimum Gasteiger partial charge on any atom is -0.383 e. The van der Waals surface area contributed by atoms with Crippen molar-refractivity contribution in [2.45, 2.75) is 20.8 Å². The van der Waals surface area contributed by atoms with Gasteiger partial charge in [0.15, 0.2) is 0 Å². The third-order valence-corrected chi connectivity index (χ3v) is 1.27. The van der Waals surface area contributed by atoms with E-state index in [0.717, 1.165) is 0 Å². The molecule has 0 saturated heterocycles. The van der Waals surface area contributed by atoms with Crippen LogP contribution in [0.2, 0.25) is 0 Å². The van der Waals surface area contributed by atoms with E-state index in [4.69, 9.17) is 4.74 Å². The molecule has 3 nitrogen and oxygen atoms in total. The van der Waals surface area contributed by atoms with Crippen LogP contribution in [0.15, 0.2) is 0 Å². The Morgan fingerprint density at radius 3 is 2.36 bits per heavy atom. The van der Waals surface area contributed by atoms with Crippen molar-refractivity contribution in [3.63, 3.8) is 0 Å². The molecular formula is C8H17NO2. The molecule has 0 bridgehead atoms. The second kappa shape index (κ2) is 4.34. The summed E-state index contributed by atoms with van der Waals surface area (Å²) >= 11 is 0. The molecule has 0 aromatic carbocycles. The average Bonchev–Trinajstić information content (AvgIpc) is 1.86. The van der Waals surface area contributed by atoms with Gasteiger partial charge in [-0.05, 0) is 0 Å². The van der Waals surface area contributed by atoms with Gasteiger partial charge in [0, 0.05) is 19.1 Å². The van der Waals surface area contributed by atoms with E-state index < -0.39 is 0 Å². The zero-order valence-corrected chi connectivity index (χ0v) is 7.73. The van der Waals surface area contributed by atoms with Gasteiger partial charge >= 0.3 is 0 Å². The van der Waals surface area contributed by atoms with Crippen LogP contribution in [0.4, 0.5) is 0 Å². The summed E-state index contributed by atoms with van der Waals surface area (Å²) in [5, 5.41) is 2.76. The topological polar surface area (TPSA) is 38.3 Å². The predicted molar refractivity (Wildman–Crippen MR) is 44.3 cm³/mol. The molecule has 0 heterocycles. The molecule has 66 valence electrons. The zero-order chi connectivity index (χ0) is 8.91. The van der Waals surface area contributed by atoms with Crippen LogP contribution in [-0.2, 0) is 9.53 Å². The summed E-state index contributed by atoms with van der Waals surface area (Å²) in [6, 6.07) is 0. The molecule has 0 aliphatic heterocycles. The first-order valence-corrected chi connectivity index (χ1v) is 3.75. The van der Waals surface area contributed by atoms with Gasteiger partial charge in [-0.3, -0.25) is 4.79 Å². The standard InChI is InChI=1S/C8H17NO2/c1-8(2,3)7(10)9-5-6-11-4/h5-6H2,1-4H3,(H,9,10). The molecule has 0 saturated carbocycles. The highest BCUT2D eigenvalue weighted by Crippen LogP contribution is 2.11. The second-order valence-electron chi connectivity index (χ2n) is 3.50. The fraction of sp³-hybridized carbons (Fsp3) is 0.875. The Bertz CT molecular complexity index is 127. The van der Waals surface area contributed by atoms with E-state index in [2.05, 4.69) is 5.32 Å². The van der Waals surface area contributed by atoms with Crippen molar-refractivity contribution >= 4 is 5.91 Å². The third-order valence-electron chi connectivity index (χ3n) is 1.27. The summed E-state index contributed by atoms with van der Waals surface area (Å²) in [6.45, 7) is 6.81. The first-order valence-electron chi connectivity index (χ1n) is 3.75. The Hall–Kier alpha value is -0.570. The second-order valence-corrected chi connectivity index (χ2v) is 3.50. The summed E-state index contributed by atoms with van der Waals surface area (Å²) in [6.07, 6.45) is 0. The molecule has 0 aromatic heterocycles. The van der Waals surface area contributed by atoms with Crippen LogP contribution in [-0.4, -0.2) is 26.2 Å². The minimum atomic E-state index is -0.298. The number of rotatable bonds is 3. The number of hydrogen-bond donors (Lipinski definition) is 1. The van der Waals surface area contributed by atoms with Gasteiger partial charge in [0.05, 0.1) is 6.61 Å². The Kier molecular flexibility index (Phi) is 4.11. The zero-order valence-electron chi connectivity index (χ0n) is 7.73. The lowest BCUT2D eigenvalue weighted by Gasteiger charge is -2.17. The maximum Gasteiger partial charge on any atom is 0.225 e. The number of hydrogen-bond acceptors (Lipinski definition) is 2. The summed E-state index contributed by atoms with van der Waals surface area (Å²) < 4.78 is 4.79. The highest BCUT2D eigenvalue weighted by Gasteiger charge is 2.19. The Labute approximate surface area is 68.1 Å². The van der Waals surface area contributed by atoms with Gasteiger partial charge in [-0.25, -0.2) is 0 Å². The first kappa shape index (κ1) is 10.4. The van der Waals surface area contributed by atoms with E-state index in [0.29, 0.717) is 13.2 Å². The molecule has 0 aliphatic carbocycles. The van der Waals surface area contributed by atoms with E-state index in [1.165, 1.54) is 0 Å². The van der Waals surface area contributed by atoms with E-state index in [1.807, 2.05) is 20.8 Å². The smallest absolute Gasteiger partial charge is 0.225 e. The summed E-state index contributed by atoms with van der Waals surface area (Å²) in [4.78, 5) is 11.2. The van der Waals surface area contributed by atoms with Crippen LogP contribution in [0.3, 0.4) is 0 Å². The minimum absolute atomic E-state index is 0.0644.